The van der Waals surface area contributed by atoms with Crippen molar-refractivity contribution in [2.45, 2.75) is 13.8 Å². The molecule has 0 unspecified atom stereocenters. The Morgan fingerprint density at radius 3 is 2.50 bits per heavy atom. The first-order valence-corrected chi connectivity index (χ1v) is 10.7. The van der Waals surface area contributed by atoms with Gasteiger partial charge in [-0.05, 0) is 68.4 Å². The Morgan fingerprint density at radius 1 is 1.06 bits per heavy atom. The molecule has 0 radical (unpaired) electrons. The lowest BCUT2D eigenvalue weighted by molar-refractivity contribution is 0.0956. The number of ether oxygens (including phenoxy) is 1. The zero-order chi connectivity index (χ0) is 24.1. The van der Waals surface area contributed by atoms with Gasteiger partial charge in [-0.25, -0.2) is 4.39 Å². The maximum absolute atomic E-state index is 13.4. The number of nitrogens with zero attached hydrogens (tertiary/aromatic N) is 2. The lowest BCUT2D eigenvalue weighted by Crippen LogP contribution is -2.24. The number of hydrogen-bond acceptors (Lipinski definition) is 5. The largest absolute Gasteiger partial charge is 0.453 e. The topological polar surface area (TPSA) is 85.2 Å². The quantitative estimate of drug-likeness (QED) is 0.409. The summed E-state index contributed by atoms with van der Waals surface area (Å²) in [6.07, 6.45) is 1.42. The van der Waals surface area contributed by atoms with Crippen molar-refractivity contribution in [3.63, 3.8) is 0 Å². The van der Waals surface area contributed by atoms with Crippen LogP contribution in [0.3, 0.4) is 0 Å². The number of carbonyl (C=O) groups excluding carboxylic acids is 1. The normalized spacial score (nSPS) is 10.6. The van der Waals surface area contributed by atoms with Crippen molar-refractivity contribution in [1.82, 2.24) is 15.1 Å². The molecule has 0 aliphatic heterocycles. The highest BCUT2D eigenvalue weighted by Crippen LogP contribution is 2.29. The average molecular weight is 458 g/mol. The van der Waals surface area contributed by atoms with Crippen molar-refractivity contribution < 1.29 is 13.9 Å². The number of halogens is 1. The number of benzene rings is 3. The van der Waals surface area contributed by atoms with Gasteiger partial charge < -0.3 is 15.4 Å². The molecule has 8 heteroatoms. The molecule has 0 spiro atoms. The lowest BCUT2D eigenvalue weighted by Gasteiger charge is -2.15. The minimum absolute atomic E-state index is 0.118. The number of aryl methyl sites for hydroxylation is 1. The first-order valence-electron chi connectivity index (χ1n) is 10.7. The Balaban J connectivity index is 1.77. The number of anilines is 2. The number of carbonyl (C=O) groups is 1. The molecule has 34 heavy (non-hydrogen) atoms. The highest BCUT2D eigenvalue weighted by molar-refractivity contribution is 5.95. The molecule has 0 saturated carbocycles. The van der Waals surface area contributed by atoms with Crippen LogP contribution in [0, 0.1) is 12.7 Å². The van der Waals surface area contributed by atoms with Crippen LogP contribution in [0.5, 0.6) is 11.5 Å². The lowest BCUT2D eigenvalue weighted by atomic mass is 10.2. The summed E-state index contributed by atoms with van der Waals surface area (Å²) in [5.41, 5.74) is 2.05. The average Bonchev–Trinajstić information content (AvgIpc) is 2.84. The van der Waals surface area contributed by atoms with Crippen molar-refractivity contribution in [3.8, 4) is 17.2 Å². The monoisotopic (exact) mass is 458 g/mol. The third kappa shape index (κ3) is 5.12. The second-order valence-electron chi connectivity index (χ2n) is 7.56. The standard InChI is InChI=1S/C26H23FN4O3/c1-3-28-25(32)18-5-4-6-20(15-18)30-24-23(34-22-13-7-17(2)8-14-22)16-29-31(26(24)33)21-11-9-19(27)10-12-21/h4-16,30H,3H2,1-2H3,(H,28,32). The Bertz CT molecular complexity index is 1370. The Kier molecular flexibility index (Phi) is 6.68. The van der Waals surface area contributed by atoms with E-state index in [2.05, 4.69) is 15.7 Å². The second kappa shape index (κ2) is 9.99. The molecule has 1 aromatic heterocycles. The first-order chi connectivity index (χ1) is 16.4. The van der Waals surface area contributed by atoms with Crippen LogP contribution in [0.25, 0.3) is 5.69 Å². The van der Waals surface area contributed by atoms with Gasteiger partial charge in [-0.3, -0.25) is 9.59 Å². The summed E-state index contributed by atoms with van der Waals surface area (Å²) in [5.74, 6) is 0.0958. The van der Waals surface area contributed by atoms with E-state index in [1.165, 1.54) is 30.5 Å². The zero-order valence-corrected chi connectivity index (χ0v) is 18.7. The summed E-state index contributed by atoms with van der Waals surface area (Å²) in [5, 5.41) is 10.0. The number of aromatic nitrogens is 2. The molecule has 4 aromatic rings. The molecule has 0 atom stereocenters. The van der Waals surface area contributed by atoms with Crippen LogP contribution in [0.15, 0.2) is 83.8 Å². The van der Waals surface area contributed by atoms with Crippen LogP contribution >= 0.6 is 0 Å². The van der Waals surface area contributed by atoms with Crippen molar-refractivity contribution in [3.05, 3.63) is 106 Å². The molecule has 0 aliphatic carbocycles. The number of hydrogen-bond donors (Lipinski definition) is 2. The predicted molar refractivity (Wildman–Crippen MR) is 129 cm³/mol. The van der Waals surface area contributed by atoms with Gasteiger partial charge in [0.2, 0.25) is 0 Å². The third-order valence-electron chi connectivity index (χ3n) is 4.99. The fourth-order valence-corrected chi connectivity index (χ4v) is 3.28. The van der Waals surface area contributed by atoms with Gasteiger partial charge in [0.15, 0.2) is 11.4 Å². The molecule has 3 aromatic carbocycles. The highest BCUT2D eigenvalue weighted by Gasteiger charge is 2.16. The molecular formula is C26H23FN4O3. The number of nitrogens with one attached hydrogen (secondary N) is 2. The summed E-state index contributed by atoms with van der Waals surface area (Å²) in [6.45, 7) is 4.30. The van der Waals surface area contributed by atoms with Gasteiger partial charge in [0.25, 0.3) is 11.5 Å². The maximum Gasteiger partial charge on any atom is 0.299 e. The van der Waals surface area contributed by atoms with Crippen LogP contribution in [0.2, 0.25) is 0 Å². The number of rotatable bonds is 7. The molecule has 0 aliphatic rings. The predicted octanol–water partition coefficient (Wildman–Crippen LogP) is 4.97. The van der Waals surface area contributed by atoms with Crippen molar-refractivity contribution >= 4 is 17.3 Å². The Hall–Kier alpha value is -4.46. The van der Waals surface area contributed by atoms with E-state index >= 15 is 0 Å². The fraction of sp³-hybridized carbons (Fsp3) is 0.115. The number of amides is 1. The van der Waals surface area contributed by atoms with E-state index in [9.17, 15) is 14.0 Å². The van der Waals surface area contributed by atoms with E-state index in [0.29, 0.717) is 29.2 Å². The van der Waals surface area contributed by atoms with Crippen molar-refractivity contribution in [2.24, 2.45) is 0 Å². The smallest absolute Gasteiger partial charge is 0.299 e. The van der Waals surface area contributed by atoms with Crippen molar-refractivity contribution in [1.29, 1.82) is 0 Å². The molecule has 172 valence electrons. The molecule has 1 heterocycles. The van der Waals surface area contributed by atoms with Crippen LogP contribution in [-0.4, -0.2) is 22.2 Å². The van der Waals surface area contributed by atoms with Gasteiger partial charge in [0, 0.05) is 17.8 Å². The highest BCUT2D eigenvalue weighted by atomic mass is 19.1. The van der Waals surface area contributed by atoms with Gasteiger partial charge in [-0.2, -0.15) is 9.78 Å². The molecule has 0 bridgehead atoms. The van der Waals surface area contributed by atoms with E-state index in [4.69, 9.17) is 4.74 Å². The Labute approximate surface area is 195 Å². The summed E-state index contributed by atoms with van der Waals surface area (Å²) in [6, 6.07) is 19.6. The van der Waals surface area contributed by atoms with Gasteiger partial charge in [-0.15, -0.1) is 0 Å². The van der Waals surface area contributed by atoms with Crippen molar-refractivity contribution in [2.75, 3.05) is 11.9 Å². The van der Waals surface area contributed by atoms with Gasteiger partial charge in [0.1, 0.15) is 11.6 Å². The molecule has 4 rings (SSSR count). The van der Waals surface area contributed by atoms with Crippen LogP contribution in [0.4, 0.5) is 15.8 Å². The summed E-state index contributed by atoms with van der Waals surface area (Å²) in [7, 11) is 0. The fourth-order valence-electron chi connectivity index (χ4n) is 3.28. The minimum Gasteiger partial charge on any atom is -0.453 e. The minimum atomic E-state index is -0.500. The van der Waals surface area contributed by atoms with E-state index in [1.54, 1.807) is 36.4 Å². The maximum atomic E-state index is 13.4. The van der Waals surface area contributed by atoms with Crippen LogP contribution < -0.4 is 20.9 Å². The van der Waals surface area contributed by atoms with Crippen LogP contribution in [-0.2, 0) is 0 Å². The van der Waals surface area contributed by atoms with Gasteiger partial charge >= 0.3 is 0 Å². The summed E-state index contributed by atoms with van der Waals surface area (Å²) in [4.78, 5) is 25.7. The molecule has 7 nitrogen and oxygen atoms in total. The zero-order valence-electron chi connectivity index (χ0n) is 18.7. The van der Waals surface area contributed by atoms with E-state index < -0.39 is 11.4 Å². The molecule has 1 amide bonds. The molecule has 0 saturated heterocycles. The van der Waals surface area contributed by atoms with Gasteiger partial charge in [0.05, 0.1) is 11.9 Å². The molecular weight excluding hydrogens is 435 g/mol. The SMILES string of the molecule is CCNC(=O)c1cccc(Nc2c(Oc3ccc(C)cc3)cnn(-c3ccc(F)cc3)c2=O)c1. The summed E-state index contributed by atoms with van der Waals surface area (Å²) < 4.78 is 20.5. The molecule has 2 N–H and O–H groups in total. The molecule has 0 fully saturated rings. The first kappa shape index (κ1) is 22.7. The van der Waals surface area contributed by atoms with E-state index in [-0.39, 0.29) is 17.3 Å². The van der Waals surface area contributed by atoms with E-state index in [0.717, 1.165) is 10.2 Å². The Morgan fingerprint density at radius 2 is 1.79 bits per heavy atom. The summed E-state index contributed by atoms with van der Waals surface area (Å²) >= 11 is 0. The second-order valence-corrected chi connectivity index (χ2v) is 7.56. The van der Waals surface area contributed by atoms with E-state index in [1.807, 2.05) is 26.0 Å². The van der Waals surface area contributed by atoms with Crippen LogP contribution in [0.1, 0.15) is 22.8 Å². The van der Waals surface area contributed by atoms with Gasteiger partial charge in [-0.1, -0.05) is 23.8 Å². The third-order valence-corrected chi connectivity index (χ3v) is 4.99.